The van der Waals surface area contributed by atoms with E-state index in [9.17, 15) is 4.79 Å². The van der Waals surface area contributed by atoms with Gasteiger partial charge in [0.05, 0.1) is 11.9 Å². The molecule has 3 aromatic rings. The molecular weight excluding hydrogens is 336 g/mol. The Morgan fingerprint density at radius 2 is 2.24 bits per heavy atom. The third kappa shape index (κ3) is 3.57. The van der Waals surface area contributed by atoms with Gasteiger partial charge in [-0.1, -0.05) is 29.5 Å². The number of hydrogen-bond donors (Lipinski definition) is 1. The van der Waals surface area contributed by atoms with Crippen LogP contribution in [-0.4, -0.2) is 40.1 Å². The van der Waals surface area contributed by atoms with Crippen molar-refractivity contribution in [2.45, 2.75) is 19.8 Å². The van der Waals surface area contributed by atoms with Gasteiger partial charge in [-0.25, -0.2) is 9.50 Å². The number of carbonyl (C=O) groups excluding carboxylic acids is 1. The number of fused-ring (bicyclic) bond motifs is 1. The highest BCUT2D eigenvalue weighted by Gasteiger charge is 2.15. The molecule has 0 saturated carbocycles. The summed E-state index contributed by atoms with van der Waals surface area (Å²) in [5, 5.41) is 8.87. The van der Waals surface area contributed by atoms with E-state index in [2.05, 4.69) is 15.4 Å². The normalized spacial score (nSPS) is 15.6. The molecule has 6 nitrogen and oxygen atoms in total. The third-order valence-electron chi connectivity index (χ3n) is 4.49. The number of benzene rings is 1. The fourth-order valence-corrected chi connectivity index (χ4v) is 3.78. The molecule has 0 unspecified atom stereocenters. The maximum atomic E-state index is 11.5. The van der Waals surface area contributed by atoms with E-state index >= 15 is 0 Å². The highest BCUT2D eigenvalue weighted by Crippen LogP contribution is 2.26. The monoisotopic (exact) mass is 356 g/mol. The van der Waals surface area contributed by atoms with Crippen molar-refractivity contribution < 1.29 is 9.53 Å². The molecule has 0 amide bonds. The van der Waals surface area contributed by atoms with Crippen LogP contribution in [0.2, 0.25) is 0 Å². The number of imidazole rings is 1. The fourth-order valence-electron chi connectivity index (χ4n) is 2.99. The van der Waals surface area contributed by atoms with Gasteiger partial charge >= 0.3 is 0 Å². The molecule has 0 atom stereocenters. The van der Waals surface area contributed by atoms with Crippen LogP contribution in [-0.2, 0) is 4.74 Å². The lowest BCUT2D eigenvalue weighted by Crippen LogP contribution is -2.22. The second kappa shape index (κ2) is 6.93. The Morgan fingerprint density at radius 3 is 3.00 bits per heavy atom. The van der Waals surface area contributed by atoms with Crippen molar-refractivity contribution in [1.82, 2.24) is 14.6 Å². The summed E-state index contributed by atoms with van der Waals surface area (Å²) in [6.45, 7) is 4.21. The van der Waals surface area contributed by atoms with E-state index in [-0.39, 0.29) is 5.78 Å². The largest absolute Gasteiger partial charge is 0.381 e. The summed E-state index contributed by atoms with van der Waals surface area (Å²) in [6.07, 6.45) is 4.11. The average molecular weight is 356 g/mol. The third-order valence-corrected chi connectivity index (χ3v) is 5.37. The first-order valence-corrected chi connectivity index (χ1v) is 9.30. The van der Waals surface area contributed by atoms with Crippen molar-refractivity contribution in [1.29, 1.82) is 0 Å². The number of nitrogens with zero attached hydrogens (tertiary/aromatic N) is 3. The Bertz CT molecular complexity index is 864. The summed E-state index contributed by atoms with van der Waals surface area (Å²) in [5.74, 6) is 0.704. The first-order valence-electron chi connectivity index (χ1n) is 8.48. The summed E-state index contributed by atoms with van der Waals surface area (Å²) in [6, 6.07) is 7.54. The molecule has 1 aromatic carbocycles. The smallest absolute Gasteiger partial charge is 0.214 e. The predicted octanol–water partition coefficient (Wildman–Crippen LogP) is 3.50. The Hall–Kier alpha value is -2.25. The molecule has 25 heavy (non-hydrogen) atoms. The first-order chi connectivity index (χ1) is 12.2. The number of Topliss-reactive ketones (excluding diaryl/α,β-unsaturated/α-hetero) is 1. The highest BCUT2D eigenvalue weighted by molar-refractivity contribution is 7.20. The maximum Gasteiger partial charge on any atom is 0.214 e. The summed E-state index contributed by atoms with van der Waals surface area (Å²) >= 11 is 1.54. The minimum absolute atomic E-state index is 0.0561. The molecule has 4 rings (SSSR count). The molecular formula is C18H20N4O2S. The van der Waals surface area contributed by atoms with Crippen LogP contribution in [0.1, 0.15) is 30.1 Å². The van der Waals surface area contributed by atoms with Crippen molar-refractivity contribution in [3.8, 4) is 11.3 Å². The van der Waals surface area contributed by atoms with Gasteiger partial charge in [-0.05, 0) is 31.7 Å². The molecule has 0 bridgehead atoms. The second-order valence-corrected chi connectivity index (χ2v) is 7.29. The molecule has 2 aromatic heterocycles. The van der Waals surface area contributed by atoms with Crippen molar-refractivity contribution >= 4 is 27.2 Å². The number of ether oxygens (including phenoxy) is 1. The van der Waals surface area contributed by atoms with Crippen LogP contribution in [0.4, 0.5) is 5.13 Å². The van der Waals surface area contributed by atoms with Gasteiger partial charge in [0.15, 0.2) is 5.78 Å². The van der Waals surface area contributed by atoms with E-state index in [1.165, 1.54) is 0 Å². The van der Waals surface area contributed by atoms with Gasteiger partial charge in [-0.2, -0.15) is 0 Å². The molecule has 1 aliphatic heterocycles. The van der Waals surface area contributed by atoms with Crippen LogP contribution in [0.5, 0.6) is 0 Å². The summed E-state index contributed by atoms with van der Waals surface area (Å²) in [4.78, 5) is 17.0. The quantitative estimate of drug-likeness (QED) is 0.709. The topological polar surface area (TPSA) is 68.5 Å². The van der Waals surface area contributed by atoms with Crippen LogP contribution >= 0.6 is 11.3 Å². The minimum atomic E-state index is 0.0561. The lowest BCUT2D eigenvalue weighted by Gasteiger charge is -2.21. The maximum absolute atomic E-state index is 11.5. The summed E-state index contributed by atoms with van der Waals surface area (Å²) in [7, 11) is 0. The Balaban J connectivity index is 1.49. The number of rotatable bonds is 5. The zero-order chi connectivity index (χ0) is 17.2. The standard InChI is InChI=1S/C18H20N4O2S/c1-12(23)14-3-2-4-15(9-14)16-11-22-18(20-16)25-17(21-22)19-10-13-5-7-24-8-6-13/h2-4,9,11,13H,5-8,10H2,1H3,(H,19,21). The molecule has 1 saturated heterocycles. The zero-order valence-electron chi connectivity index (χ0n) is 14.1. The van der Waals surface area contributed by atoms with Gasteiger partial charge in [0.2, 0.25) is 10.1 Å². The van der Waals surface area contributed by atoms with Crippen LogP contribution < -0.4 is 5.32 Å². The molecule has 0 radical (unpaired) electrons. The first kappa shape index (κ1) is 16.2. The molecule has 1 aliphatic rings. The lowest BCUT2D eigenvalue weighted by atomic mass is 10.0. The molecule has 0 spiro atoms. The predicted molar refractivity (Wildman–Crippen MR) is 98.3 cm³/mol. The van der Waals surface area contributed by atoms with Gasteiger partial charge in [0, 0.05) is 30.9 Å². The molecule has 1 N–H and O–H groups in total. The van der Waals surface area contributed by atoms with E-state index in [0.717, 1.165) is 53.9 Å². The molecule has 3 heterocycles. The van der Waals surface area contributed by atoms with E-state index < -0.39 is 0 Å². The molecule has 1 fully saturated rings. The number of hydrogen-bond acceptors (Lipinski definition) is 6. The molecule has 130 valence electrons. The Morgan fingerprint density at radius 1 is 1.40 bits per heavy atom. The average Bonchev–Trinajstić information content (AvgIpc) is 3.19. The number of aromatic nitrogens is 3. The summed E-state index contributed by atoms with van der Waals surface area (Å²) in [5.41, 5.74) is 2.46. The van der Waals surface area contributed by atoms with Gasteiger partial charge in [0.25, 0.3) is 0 Å². The SMILES string of the molecule is CC(=O)c1cccc(-c2cn3nc(NCC4CCOCC4)sc3n2)c1. The Kier molecular flexibility index (Phi) is 4.50. The van der Waals surface area contributed by atoms with Crippen LogP contribution in [0.3, 0.4) is 0 Å². The van der Waals surface area contributed by atoms with E-state index in [1.807, 2.05) is 30.5 Å². The minimum Gasteiger partial charge on any atom is -0.381 e. The van der Waals surface area contributed by atoms with E-state index in [1.54, 1.807) is 22.8 Å². The van der Waals surface area contributed by atoms with E-state index in [0.29, 0.717) is 11.5 Å². The number of nitrogens with one attached hydrogen (secondary N) is 1. The molecule has 7 heteroatoms. The van der Waals surface area contributed by atoms with Crippen LogP contribution in [0.25, 0.3) is 16.2 Å². The number of carbonyl (C=O) groups is 1. The van der Waals surface area contributed by atoms with E-state index in [4.69, 9.17) is 4.74 Å². The van der Waals surface area contributed by atoms with Gasteiger partial charge in [0.1, 0.15) is 0 Å². The highest BCUT2D eigenvalue weighted by atomic mass is 32.1. The van der Waals surface area contributed by atoms with Crippen molar-refractivity contribution in [3.05, 3.63) is 36.0 Å². The second-order valence-electron chi connectivity index (χ2n) is 6.33. The van der Waals surface area contributed by atoms with Crippen molar-refractivity contribution in [2.24, 2.45) is 5.92 Å². The molecule has 0 aliphatic carbocycles. The number of ketones is 1. The van der Waals surface area contributed by atoms with Crippen LogP contribution in [0.15, 0.2) is 30.5 Å². The van der Waals surface area contributed by atoms with Gasteiger partial charge in [-0.3, -0.25) is 4.79 Å². The fraction of sp³-hybridized carbons (Fsp3) is 0.389. The van der Waals surface area contributed by atoms with Gasteiger partial charge < -0.3 is 10.1 Å². The number of anilines is 1. The van der Waals surface area contributed by atoms with Crippen LogP contribution in [0, 0.1) is 5.92 Å². The van der Waals surface area contributed by atoms with Crippen molar-refractivity contribution in [3.63, 3.8) is 0 Å². The van der Waals surface area contributed by atoms with Crippen molar-refractivity contribution in [2.75, 3.05) is 25.1 Å². The lowest BCUT2D eigenvalue weighted by molar-refractivity contribution is 0.0699. The Labute approximate surface area is 149 Å². The van der Waals surface area contributed by atoms with Gasteiger partial charge in [-0.15, -0.1) is 5.10 Å². The summed E-state index contributed by atoms with van der Waals surface area (Å²) < 4.78 is 7.19. The zero-order valence-corrected chi connectivity index (χ0v) is 14.9.